The lowest BCUT2D eigenvalue weighted by atomic mass is 10.3. The van der Waals surface area contributed by atoms with Gasteiger partial charge in [0, 0.05) is 6.07 Å². The molecule has 0 radical (unpaired) electrons. The Kier molecular flexibility index (Phi) is 2.19. The van der Waals surface area contributed by atoms with E-state index in [0.29, 0.717) is 10.3 Å². The molecule has 4 nitrogen and oxygen atoms in total. The largest absolute Gasteiger partial charge is 0.290 e. The van der Waals surface area contributed by atoms with E-state index >= 15 is 0 Å². The highest BCUT2D eigenvalue weighted by atomic mass is 79.9. The number of hydrogen-bond donors (Lipinski definition) is 0. The molecule has 0 aromatic carbocycles. The van der Waals surface area contributed by atoms with E-state index in [9.17, 15) is 10.1 Å². The lowest BCUT2D eigenvalue weighted by Crippen LogP contribution is -1.93. The van der Waals surface area contributed by atoms with Crippen LogP contribution in [0.3, 0.4) is 0 Å². The van der Waals surface area contributed by atoms with Gasteiger partial charge in [-0.15, -0.1) is 0 Å². The van der Waals surface area contributed by atoms with Crippen LogP contribution in [0.15, 0.2) is 16.7 Å². The van der Waals surface area contributed by atoms with Crippen LogP contribution in [0.4, 0.5) is 5.69 Å². The van der Waals surface area contributed by atoms with Crippen molar-refractivity contribution in [1.82, 2.24) is 4.98 Å². The van der Waals surface area contributed by atoms with E-state index < -0.39 is 4.92 Å². The Morgan fingerprint density at radius 2 is 2.27 bits per heavy atom. The maximum absolute atomic E-state index is 10.3. The molecule has 0 fully saturated rings. The molecule has 5 heteroatoms. The lowest BCUT2D eigenvalue weighted by molar-refractivity contribution is -0.385. The van der Waals surface area contributed by atoms with E-state index in [1.807, 2.05) is 0 Å². The molecule has 0 atom stereocenters. The molecule has 0 saturated carbocycles. The molecule has 0 spiro atoms. The lowest BCUT2D eigenvalue weighted by Gasteiger charge is -1.94. The molecule has 1 aromatic rings. The summed E-state index contributed by atoms with van der Waals surface area (Å²) in [5, 5.41) is 10.3. The zero-order chi connectivity index (χ0) is 8.43. The summed E-state index contributed by atoms with van der Waals surface area (Å²) < 4.78 is 0.612. The minimum Gasteiger partial charge on any atom is -0.258 e. The minimum absolute atomic E-state index is 0.0493. The van der Waals surface area contributed by atoms with E-state index in [4.69, 9.17) is 0 Å². The van der Waals surface area contributed by atoms with Gasteiger partial charge in [0.2, 0.25) is 0 Å². The van der Waals surface area contributed by atoms with Crippen LogP contribution in [-0.4, -0.2) is 9.91 Å². The number of aryl methyl sites for hydroxylation is 1. The molecule has 1 heterocycles. The fourth-order valence-corrected chi connectivity index (χ4v) is 1.11. The van der Waals surface area contributed by atoms with Gasteiger partial charge in [-0.2, -0.15) is 0 Å². The molecule has 0 unspecified atom stereocenters. The van der Waals surface area contributed by atoms with Gasteiger partial charge in [0.1, 0.15) is 10.3 Å². The molecule has 0 N–H and O–H groups in total. The van der Waals surface area contributed by atoms with E-state index in [-0.39, 0.29) is 5.69 Å². The smallest absolute Gasteiger partial charge is 0.258 e. The first-order valence-electron chi connectivity index (χ1n) is 2.89. The Hall–Kier alpha value is -0.970. The number of aromatic nitrogens is 1. The van der Waals surface area contributed by atoms with Crippen LogP contribution in [-0.2, 0) is 0 Å². The van der Waals surface area contributed by atoms with Gasteiger partial charge >= 0.3 is 0 Å². The third-order valence-electron chi connectivity index (χ3n) is 1.22. The van der Waals surface area contributed by atoms with Crippen molar-refractivity contribution in [2.45, 2.75) is 6.92 Å². The monoisotopic (exact) mass is 216 g/mol. The highest BCUT2D eigenvalue weighted by Crippen LogP contribution is 2.17. The molecule has 0 aliphatic carbocycles. The van der Waals surface area contributed by atoms with Crippen molar-refractivity contribution in [3.8, 4) is 0 Å². The first kappa shape index (κ1) is 8.13. The molecule has 0 aliphatic heterocycles. The maximum atomic E-state index is 10.3. The van der Waals surface area contributed by atoms with E-state index in [0.717, 1.165) is 0 Å². The Morgan fingerprint density at radius 1 is 1.64 bits per heavy atom. The zero-order valence-corrected chi connectivity index (χ0v) is 7.33. The van der Waals surface area contributed by atoms with Gasteiger partial charge in [-0.3, -0.25) is 10.1 Å². The average Bonchev–Trinajstić information content (AvgIpc) is 1.85. The molecule has 0 bridgehead atoms. The van der Waals surface area contributed by atoms with Gasteiger partial charge < -0.3 is 0 Å². The van der Waals surface area contributed by atoms with Crippen molar-refractivity contribution in [3.63, 3.8) is 0 Å². The molecule has 0 aliphatic rings. The third-order valence-corrected chi connectivity index (χ3v) is 1.66. The summed E-state index contributed by atoms with van der Waals surface area (Å²) in [6, 6.07) is 2.97. The highest BCUT2D eigenvalue weighted by Gasteiger charge is 2.09. The highest BCUT2D eigenvalue weighted by molar-refractivity contribution is 9.10. The fourth-order valence-electron chi connectivity index (χ4n) is 0.716. The van der Waals surface area contributed by atoms with Gasteiger partial charge in [-0.25, -0.2) is 4.98 Å². The van der Waals surface area contributed by atoms with Crippen LogP contribution in [0.1, 0.15) is 5.69 Å². The number of nitrogens with zero attached hydrogens (tertiary/aromatic N) is 2. The Labute approximate surface area is 71.5 Å². The van der Waals surface area contributed by atoms with E-state index in [1.54, 1.807) is 13.0 Å². The van der Waals surface area contributed by atoms with Crippen LogP contribution in [0, 0.1) is 17.0 Å². The Morgan fingerprint density at radius 3 is 2.73 bits per heavy atom. The summed E-state index contributed by atoms with van der Waals surface area (Å²) in [6.45, 7) is 1.60. The van der Waals surface area contributed by atoms with Crippen LogP contribution < -0.4 is 0 Å². The summed E-state index contributed by atoms with van der Waals surface area (Å²) in [5.74, 6) is 0. The quantitative estimate of drug-likeness (QED) is 0.411. The second kappa shape index (κ2) is 2.96. The second-order valence-corrected chi connectivity index (χ2v) is 2.81. The average molecular weight is 217 g/mol. The fraction of sp³-hybridized carbons (Fsp3) is 0.167. The SMILES string of the molecule is Cc1nc(Br)ccc1[N+](=O)[O-]. The first-order chi connectivity index (χ1) is 5.11. The summed E-state index contributed by atoms with van der Waals surface area (Å²) in [5.41, 5.74) is 0.470. The number of hydrogen-bond acceptors (Lipinski definition) is 3. The van der Waals surface area contributed by atoms with Crippen molar-refractivity contribution < 1.29 is 4.92 Å². The molecule has 1 aromatic heterocycles. The number of halogens is 1. The van der Waals surface area contributed by atoms with Gasteiger partial charge in [-0.1, -0.05) is 0 Å². The molecule has 58 valence electrons. The van der Waals surface area contributed by atoms with Crippen molar-refractivity contribution in [2.75, 3.05) is 0 Å². The molecule has 0 saturated heterocycles. The van der Waals surface area contributed by atoms with Gasteiger partial charge in [0.15, 0.2) is 0 Å². The predicted molar refractivity (Wildman–Crippen MR) is 43.3 cm³/mol. The van der Waals surface area contributed by atoms with E-state index in [1.165, 1.54) is 6.07 Å². The minimum atomic E-state index is -0.450. The van der Waals surface area contributed by atoms with Crippen molar-refractivity contribution >= 4 is 21.6 Å². The van der Waals surface area contributed by atoms with Crippen LogP contribution >= 0.6 is 15.9 Å². The summed E-state index contributed by atoms with van der Waals surface area (Å²) in [7, 11) is 0. The van der Waals surface area contributed by atoms with Crippen molar-refractivity contribution in [2.24, 2.45) is 0 Å². The zero-order valence-electron chi connectivity index (χ0n) is 5.74. The standard InChI is InChI=1S/C6H5BrN2O2/c1-4-5(9(10)11)2-3-6(7)8-4/h2-3H,1H3. The topological polar surface area (TPSA) is 56.0 Å². The van der Waals surface area contributed by atoms with Gasteiger partial charge in [-0.05, 0) is 28.9 Å². The second-order valence-electron chi connectivity index (χ2n) is 2.00. The summed E-state index contributed by atoms with van der Waals surface area (Å²) in [6.07, 6.45) is 0. The van der Waals surface area contributed by atoms with Gasteiger partial charge in [0.05, 0.1) is 4.92 Å². The van der Waals surface area contributed by atoms with Crippen LogP contribution in [0.2, 0.25) is 0 Å². The predicted octanol–water partition coefficient (Wildman–Crippen LogP) is 2.06. The van der Waals surface area contributed by atoms with E-state index in [2.05, 4.69) is 20.9 Å². The third kappa shape index (κ3) is 1.74. The molecular weight excluding hydrogens is 212 g/mol. The molecule has 11 heavy (non-hydrogen) atoms. The summed E-state index contributed by atoms with van der Waals surface area (Å²) in [4.78, 5) is 13.7. The number of pyridine rings is 1. The Bertz CT molecular complexity index is 301. The van der Waals surface area contributed by atoms with Crippen molar-refractivity contribution in [1.29, 1.82) is 0 Å². The first-order valence-corrected chi connectivity index (χ1v) is 3.68. The van der Waals surface area contributed by atoms with Crippen molar-refractivity contribution in [3.05, 3.63) is 32.5 Å². The number of nitro groups is 1. The van der Waals surface area contributed by atoms with Gasteiger partial charge in [0.25, 0.3) is 5.69 Å². The molecule has 1 rings (SSSR count). The Balaban J connectivity index is 3.20. The number of rotatable bonds is 1. The summed E-state index contributed by atoms with van der Waals surface area (Å²) >= 11 is 3.11. The van der Waals surface area contributed by atoms with Crippen LogP contribution in [0.5, 0.6) is 0 Å². The molecule has 0 amide bonds. The van der Waals surface area contributed by atoms with Crippen LogP contribution in [0.25, 0.3) is 0 Å². The maximum Gasteiger partial charge on any atom is 0.290 e. The normalized spacial score (nSPS) is 9.64. The molecular formula is C6H5BrN2O2.